The van der Waals surface area contributed by atoms with Crippen molar-refractivity contribution in [1.29, 1.82) is 0 Å². The molecule has 0 aliphatic heterocycles. The van der Waals surface area contributed by atoms with Crippen molar-refractivity contribution >= 4 is 23.2 Å². The number of hydrogen-bond donors (Lipinski definition) is 0. The van der Waals surface area contributed by atoms with Gasteiger partial charge in [0.25, 0.3) is 0 Å². The summed E-state index contributed by atoms with van der Waals surface area (Å²) in [6, 6.07) is 6.09. The predicted molar refractivity (Wildman–Crippen MR) is 66.2 cm³/mol. The molecule has 0 aromatic heterocycles. The molecule has 15 heavy (non-hydrogen) atoms. The van der Waals surface area contributed by atoms with Gasteiger partial charge in [0.05, 0.1) is 6.61 Å². The van der Waals surface area contributed by atoms with Crippen LogP contribution in [-0.4, -0.2) is 12.5 Å². The van der Waals surface area contributed by atoms with Crippen molar-refractivity contribution < 1.29 is 4.74 Å². The lowest BCUT2D eigenvalue weighted by Crippen LogP contribution is -1.98. The van der Waals surface area contributed by atoms with Crippen molar-refractivity contribution in [3.63, 3.8) is 0 Å². The molecule has 0 amide bonds. The largest absolute Gasteiger partial charge is 0.494 e. The summed E-state index contributed by atoms with van der Waals surface area (Å²) in [5, 5.41) is 0. The highest BCUT2D eigenvalue weighted by atomic mass is 35.5. The van der Waals surface area contributed by atoms with E-state index in [0.29, 0.717) is 18.4 Å². The molecule has 84 valence electrons. The molecule has 0 N–H and O–H groups in total. The minimum Gasteiger partial charge on any atom is -0.494 e. The minimum atomic E-state index is 0.542. The van der Waals surface area contributed by atoms with Gasteiger partial charge in [0.15, 0.2) is 0 Å². The maximum Gasteiger partial charge on any atom is 0.122 e. The Bertz CT molecular complexity index is 300. The van der Waals surface area contributed by atoms with Crippen molar-refractivity contribution in [3.8, 4) is 5.75 Å². The van der Waals surface area contributed by atoms with Gasteiger partial charge in [-0.15, -0.1) is 23.2 Å². The number of ether oxygens (including phenoxy) is 1. The Hall–Kier alpha value is -0.400. The molecule has 0 saturated carbocycles. The highest BCUT2D eigenvalue weighted by Crippen LogP contribution is 2.22. The van der Waals surface area contributed by atoms with Crippen LogP contribution >= 0.6 is 23.2 Å². The Kier molecular flexibility index (Phi) is 5.89. The number of aryl methyl sites for hydroxylation is 1. The van der Waals surface area contributed by atoms with Crippen LogP contribution in [0.3, 0.4) is 0 Å². The molecule has 1 rings (SSSR count). The lowest BCUT2D eigenvalue weighted by molar-refractivity contribution is 0.336. The lowest BCUT2D eigenvalue weighted by atomic mass is 10.1. The molecule has 0 radical (unpaired) electrons. The van der Waals surface area contributed by atoms with Crippen molar-refractivity contribution in [3.05, 3.63) is 29.3 Å². The van der Waals surface area contributed by atoms with Crippen LogP contribution in [0.15, 0.2) is 18.2 Å². The third-order valence-corrected chi connectivity index (χ3v) is 2.73. The first-order chi connectivity index (χ1) is 7.31. The number of halogens is 2. The van der Waals surface area contributed by atoms with Crippen LogP contribution in [0.1, 0.15) is 24.5 Å². The SMILES string of the molecule is CCOc1ccc(CCl)cc1CCCCl. The molecular formula is C12H16Cl2O. The Labute approximate surface area is 101 Å². The van der Waals surface area contributed by atoms with E-state index in [2.05, 4.69) is 6.07 Å². The quantitative estimate of drug-likeness (QED) is 0.690. The zero-order chi connectivity index (χ0) is 11.1. The van der Waals surface area contributed by atoms with Gasteiger partial charge >= 0.3 is 0 Å². The van der Waals surface area contributed by atoms with Gasteiger partial charge in [0, 0.05) is 11.8 Å². The molecule has 0 fully saturated rings. The molecule has 0 saturated heterocycles. The number of hydrogen-bond acceptors (Lipinski definition) is 1. The fourth-order valence-corrected chi connectivity index (χ4v) is 1.76. The summed E-state index contributed by atoms with van der Waals surface area (Å²) >= 11 is 11.5. The smallest absolute Gasteiger partial charge is 0.122 e. The van der Waals surface area contributed by atoms with Crippen molar-refractivity contribution in [2.45, 2.75) is 25.6 Å². The minimum absolute atomic E-state index is 0.542. The Balaban J connectivity index is 2.83. The van der Waals surface area contributed by atoms with E-state index in [0.717, 1.165) is 24.2 Å². The summed E-state index contributed by atoms with van der Waals surface area (Å²) in [4.78, 5) is 0. The summed E-state index contributed by atoms with van der Waals surface area (Å²) in [6.07, 6.45) is 1.91. The van der Waals surface area contributed by atoms with E-state index in [1.165, 1.54) is 5.56 Å². The van der Waals surface area contributed by atoms with Crippen LogP contribution in [0.2, 0.25) is 0 Å². The van der Waals surface area contributed by atoms with E-state index in [9.17, 15) is 0 Å². The molecular weight excluding hydrogens is 231 g/mol. The second-order valence-corrected chi connectivity index (χ2v) is 3.95. The summed E-state index contributed by atoms with van der Waals surface area (Å²) in [5.41, 5.74) is 2.33. The molecule has 0 heterocycles. The first-order valence-corrected chi connectivity index (χ1v) is 6.25. The second kappa shape index (κ2) is 6.97. The van der Waals surface area contributed by atoms with Gasteiger partial charge in [-0.25, -0.2) is 0 Å². The van der Waals surface area contributed by atoms with Crippen LogP contribution in [0.5, 0.6) is 5.75 Å². The summed E-state index contributed by atoms with van der Waals surface area (Å²) < 4.78 is 5.55. The molecule has 1 aromatic carbocycles. The van der Waals surface area contributed by atoms with Crippen LogP contribution < -0.4 is 4.74 Å². The van der Waals surface area contributed by atoms with Gasteiger partial charge in [-0.2, -0.15) is 0 Å². The Morgan fingerprint density at radius 1 is 1.27 bits per heavy atom. The van der Waals surface area contributed by atoms with E-state index in [4.69, 9.17) is 27.9 Å². The zero-order valence-corrected chi connectivity index (χ0v) is 10.4. The van der Waals surface area contributed by atoms with E-state index < -0.39 is 0 Å². The van der Waals surface area contributed by atoms with Gasteiger partial charge in [-0.3, -0.25) is 0 Å². The van der Waals surface area contributed by atoms with Gasteiger partial charge in [0.2, 0.25) is 0 Å². The molecule has 0 aliphatic carbocycles. The fraction of sp³-hybridized carbons (Fsp3) is 0.500. The molecule has 1 aromatic rings. The fourth-order valence-electron chi connectivity index (χ4n) is 1.46. The van der Waals surface area contributed by atoms with Crippen molar-refractivity contribution in [2.75, 3.05) is 12.5 Å². The Morgan fingerprint density at radius 2 is 2.07 bits per heavy atom. The number of alkyl halides is 2. The second-order valence-electron chi connectivity index (χ2n) is 3.30. The first-order valence-electron chi connectivity index (χ1n) is 5.18. The van der Waals surface area contributed by atoms with Crippen LogP contribution in [0.4, 0.5) is 0 Å². The van der Waals surface area contributed by atoms with Gasteiger partial charge in [-0.1, -0.05) is 12.1 Å². The van der Waals surface area contributed by atoms with E-state index in [1.54, 1.807) is 0 Å². The third-order valence-electron chi connectivity index (χ3n) is 2.16. The third kappa shape index (κ3) is 3.92. The number of benzene rings is 1. The average molecular weight is 247 g/mol. The monoisotopic (exact) mass is 246 g/mol. The van der Waals surface area contributed by atoms with E-state index in [1.807, 2.05) is 19.1 Å². The summed E-state index contributed by atoms with van der Waals surface area (Å²) in [7, 11) is 0. The summed E-state index contributed by atoms with van der Waals surface area (Å²) in [6.45, 7) is 2.68. The van der Waals surface area contributed by atoms with E-state index >= 15 is 0 Å². The highest BCUT2D eigenvalue weighted by molar-refractivity contribution is 6.17. The van der Waals surface area contributed by atoms with E-state index in [-0.39, 0.29) is 0 Å². The maximum absolute atomic E-state index is 5.80. The molecule has 1 nitrogen and oxygen atoms in total. The average Bonchev–Trinajstić information content (AvgIpc) is 2.28. The summed E-state index contributed by atoms with van der Waals surface area (Å²) in [5.74, 6) is 2.17. The first kappa shape index (κ1) is 12.7. The Morgan fingerprint density at radius 3 is 2.67 bits per heavy atom. The highest BCUT2D eigenvalue weighted by Gasteiger charge is 2.04. The molecule has 0 atom stereocenters. The predicted octanol–water partition coefficient (Wildman–Crippen LogP) is 4.00. The maximum atomic E-state index is 5.80. The number of rotatable bonds is 6. The topological polar surface area (TPSA) is 9.23 Å². The molecule has 0 bridgehead atoms. The van der Waals surface area contributed by atoms with Crippen LogP contribution in [-0.2, 0) is 12.3 Å². The standard InChI is InChI=1S/C12H16Cl2O/c1-2-15-12-6-5-10(9-14)8-11(12)4-3-7-13/h5-6,8H,2-4,7,9H2,1H3. The molecule has 0 spiro atoms. The van der Waals surface area contributed by atoms with Gasteiger partial charge < -0.3 is 4.74 Å². The normalized spacial score (nSPS) is 10.3. The van der Waals surface area contributed by atoms with Crippen LogP contribution in [0.25, 0.3) is 0 Å². The van der Waals surface area contributed by atoms with Gasteiger partial charge in [-0.05, 0) is 37.0 Å². The van der Waals surface area contributed by atoms with Crippen molar-refractivity contribution in [1.82, 2.24) is 0 Å². The molecule has 3 heteroatoms. The van der Waals surface area contributed by atoms with Crippen LogP contribution in [0, 0.1) is 0 Å². The van der Waals surface area contributed by atoms with Gasteiger partial charge in [0.1, 0.15) is 5.75 Å². The van der Waals surface area contributed by atoms with Crippen molar-refractivity contribution in [2.24, 2.45) is 0 Å². The molecule has 0 unspecified atom stereocenters. The molecule has 0 aliphatic rings. The zero-order valence-electron chi connectivity index (χ0n) is 8.93. The lowest BCUT2D eigenvalue weighted by Gasteiger charge is -2.10.